The third-order valence-electron chi connectivity index (χ3n) is 3.32. The number of hydrogen-bond donors (Lipinski definition) is 2. The van der Waals surface area contributed by atoms with Crippen LogP contribution in [0.5, 0.6) is 0 Å². The van der Waals surface area contributed by atoms with Gasteiger partial charge >= 0.3 is 5.97 Å². The van der Waals surface area contributed by atoms with Gasteiger partial charge in [-0.2, -0.15) is 0 Å². The first-order valence-electron chi connectivity index (χ1n) is 6.80. The van der Waals surface area contributed by atoms with Gasteiger partial charge in [-0.1, -0.05) is 0 Å². The molecule has 1 fully saturated rings. The summed E-state index contributed by atoms with van der Waals surface area (Å²) in [6.07, 6.45) is 1.23. The minimum atomic E-state index is -0.825. The van der Waals surface area contributed by atoms with Gasteiger partial charge in [-0.3, -0.25) is 4.79 Å². The van der Waals surface area contributed by atoms with Crippen LogP contribution in [0.25, 0.3) is 0 Å². The van der Waals surface area contributed by atoms with Gasteiger partial charge in [-0.25, -0.2) is 0 Å². The lowest BCUT2D eigenvalue weighted by Gasteiger charge is -2.29. The van der Waals surface area contributed by atoms with Gasteiger partial charge in [0.25, 0.3) is 0 Å². The summed E-state index contributed by atoms with van der Waals surface area (Å²) in [4.78, 5) is 16.4. The Morgan fingerprint density at radius 1 is 1.55 bits per heavy atom. The third kappa shape index (κ3) is 4.52. The van der Waals surface area contributed by atoms with Crippen LogP contribution in [0.15, 0.2) is 5.28 Å². The van der Waals surface area contributed by atoms with Gasteiger partial charge < -0.3 is 20.9 Å². The zero-order valence-electron chi connectivity index (χ0n) is 12.3. The van der Waals surface area contributed by atoms with E-state index in [4.69, 9.17) is 15.7 Å². The predicted octanol–water partition coefficient (Wildman–Crippen LogP) is 1.11. The molecule has 0 heterocycles. The molecule has 0 radical (unpaired) electrons. The second kappa shape index (κ2) is 6.74. The molecule has 0 unspecified atom stereocenters. The van der Waals surface area contributed by atoms with Gasteiger partial charge in [-0.05, 0) is 33.6 Å². The minimum absolute atomic E-state index is 0.313. The van der Waals surface area contributed by atoms with Gasteiger partial charge in [-0.15, -0.1) is 5.01 Å². The van der Waals surface area contributed by atoms with E-state index >= 15 is 0 Å². The van der Waals surface area contributed by atoms with Crippen molar-refractivity contribution in [2.45, 2.75) is 51.7 Å². The molecule has 1 rings (SSSR count). The van der Waals surface area contributed by atoms with Gasteiger partial charge in [0, 0.05) is 13.0 Å². The Hall–Kier alpha value is -1.57. The quantitative estimate of drug-likeness (QED) is 0.430. The van der Waals surface area contributed by atoms with E-state index in [9.17, 15) is 10.0 Å². The summed E-state index contributed by atoms with van der Waals surface area (Å²) in [6, 6.07) is 0. The summed E-state index contributed by atoms with van der Waals surface area (Å²) < 4.78 is 0. The lowest BCUT2D eigenvalue weighted by molar-refractivity contribution is -0.725. The predicted molar refractivity (Wildman–Crippen MR) is 71.4 cm³/mol. The van der Waals surface area contributed by atoms with E-state index in [0.717, 1.165) is 0 Å². The van der Waals surface area contributed by atoms with Crippen LogP contribution >= 0.6 is 0 Å². The van der Waals surface area contributed by atoms with E-state index < -0.39 is 17.4 Å². The molecule has 0 aromatic heterocycles. The molecular formula is C12H24N4O4. The molecule has 0 amide bonds. The first-order valence-corrected chi connectivity index (χ1v) is 6.80. The summed E-state index contributed by atoms with van der Waals surface area (Å²) >= 11 is 0. The third-order valence-corrected chi connectivity index (χ3v) is 3.32. The van der Waals surface area contributed by atoms with E-state index in [1.54, 1.807) is 0 Å². The second-order valence-corrected chi connectivity index (χ2v) is 5.99. The maximum absolute atomic E-state index is 11.9. The Balaban J connectivity index is 2.58. The van der Waals surface area contributed by atoms with E-state index in [2.05, 4.69) is 5.28 Å². The fraction of sp³-hybridized carbons (Fsp3) is 0.917. The van der Waals surface area contributed by atoms with Crippen molar-refractivity contribution >= 4 is 5.97 Å². The Labute approximate surface area is 118 Å². The van der Waals surface area contributed by atoms with Crippen molar-refractivity contribution in [3.63, 3.8) is 0 Å². The molecule has 3 N–H and O–H groups in total. The highest BCUT2D eigenvalue weighted by molar-refractivity contribution is 5.70. The molecule has 0 spiro atoms. The highest BCUT2D eigenvalue weighted by atomic mass is 16.7. The molecule has 1 aliphatic rings. The first kappa shape index (κ1) is 16.5. The SMILES string of the molecule is CC(C)(C)N(CCN)/[N+]([O-])=N\O[C@@H]1CC[C@H](C(=O)O)C1. The molecule has 0 saturated heterocycles. The average Bonchev–Trinajstić information content (AvgIpc) is 2.80. The highest BCUT2D eigenvalue weighted by Gasteiger charge is 2.33. The second-order valence-electron chi connectivity index (χ2n) is 5.99. The van der Waals surface area contributed by atoms with Gasteiger partial charge in [0.2, 0.25) is 5.28 Å². The van der Waals surface area contributed by atoms with E-state index in [1.807, 2.05) is 20.8 Å². The number of nitrogens with two attached hydrogens (primary N) is 1. The van der Waals surface area contributed by atoms with Gasteiger partial charge in [0.05, 0.1) is 23.0 Å². The lowest BCUT2D eigenvalue weighted by Crippen LogP contribution is -2.48. The Bertz CT molecular complexity index is 367. The van der Waals surface area contributed by atoms with Crippen LogP contribution in [-0.2, 0) is 9.63 Å². The lowest BCUT2D eigenvalue weighted by atomic mass is 10.1. The Morgan fingerprint density at radius 3 is 2.65 bits per heavy atom. The van der Waals surface area contributed by atoms with Crippen molar-refractivity contribution < 1.29 is 19.7 Å². The normalized spacial score (nSPS) is 23.7. The zero-order valence-corrected chi connectivity index (χ0v) is 12.3. The molecule has 0 bridgehead atoms. The van der Waals surface area contributed by atoms with Crippen LogP contribution in [0.2, 0.25) is 0 Å². The molecular weight excluding hydrogens is 264 g/mol. The van der Waals surface area contributed by atoms with Crippen LogP contribution < -0.4 is 5.73 Å². The standard InChI is InChI=1S/C12H24N4O4/c1-12(2,3)15(7-6-13)16(19)14-20-10-5-4-9(8-10)11(17)18/h9-10H,4-8,13H2,1-3H3,(H,17,18)/b16-14+/t9-,10+/m0/s1. The number of carboxylic acid groups (broad SMARTS) is 1. The van der Waals surface area contributed by atoms with E-state index in [1.165, 1.54) is 5.01 Å². The van der Waals surface area contributed by atoms with Crippen LogP contribution in [0.4, 0.5) is 0 Å². The number of aliphatic carboxylic acids is 1. The first-order chi connectivity index (χ1) is 9.25. The van der Waals surface area contributed by atoms with Crippen LogP contribution in [0, 0.1) is 11.1 Å². The summed E-state index contributed by atoms with van der Waals surface area (Å²) in [5.41, 5.74) is 5.06. The maximum atomic E-state index is 11.9. The topological polar surface area (TPSA) is 114 Å². The van der Waals surface area contributed by atoms with Crippen molar-refractivity contribution in [1.82, 2.24) is 5.01 Å². The molecule has 1 aliphatic carbocycles. The number of carbonyl (C=O) groups is 1. The molecule has 20 heavy (non-hydrogen) atoms. The number of rotatable bonds is 6. The van der Waals surface area contributed by atoms with Crippen molar-refractivity contribution in [2.75, 3.05) is 13.1 Å². The molecule has 116 valence electrons. The fourth-order valence-electron chi connectivity index (χ4n) is 2.21. The van der Waals surface area contributed by atoms with Gasteiger partial charge in [0.1, 0.15) is 6.10 Å². The summed E-state index contributed by atoms with van der Waals surface area (Å²) in [5.74, 6) is -1.23. The van der Waals surface area contributed by atoms with Crippen molar-refractivity contribution in [1.29, 1.82) is 0 Å². The monoisotopic (exact) mass is 288 g/mol. The summed E-state index contributed by atoms with van der Waals surface area (Å²) in [7, 11) is 0. The van der Waals surface area contributed by atoms with Crippen molar-refractivity contribution in [3.8, 4) is 0 Å². The molecule has 1 saturated carbocycles. The smallest absolute Gasteiger partial charge is 0.306 e. The highest BCUT2D eigenvalue weighted by Crippen LogP contribution is 2.28. The van der Waals surface area contributed by atoms with E-state index in [-0.39, 0.29) is 6.10 Å². The number of carboxylic acids is 1. The molecule has 0 aliphatic heterocycles. The molecule has 8 nitrogen and oxygen atoms in total. The Morgan fingerprint density at radius 2 is 2.20 bits per heavy atom. The molecule has 0 aromatic rings. The maximum Gasteiger partial charge on any atom is 0.306 e. The largest absolute Gasteiger partial charge is 0.569 e. The number of nitrogens with zero attached hydrogens (tertiary/aromatic N) is 3. The van der Waals surface area contributed by atoms with E-state index in [0.29, 0.717) is 37.3 Å². The van der Waals surface area contributed by atoms with Crippen LogP contribution in [-0.4, -0.2) is 45.8 Å². The molecule has 8 heteroatoms. The number of hydrogen-bond acceptors (Lipinski definition) is 5. The number of hydrazine groups is 1. The fourth-order valence-corrected chi connectivity index (χ4v) is 2.21. The summed E-state index contributed by atoms with van der Waals surface area (Å²) in [5, 5.41) is 25.8. The van der Waals surface area contributed by atoms with Crippen molar-refractivity contribution in [3.05, 3.63) is 5.21 Å². The molecule has 0 aromatic carbocycles. The summed E-state index contributed by atoms with van der Waals surface area (Å²) in [6.45, 7) is 6.32. The zero-order chi connectivity index (χ0) is 15.3. The minimum Gasteiger partial charge on any atom is -0.569 e. The Kier molecular flexibility index (Phi) is 5.55. The van der Waals surface area contributed by atoms with Crippen molar-refractivity contribution in [2.24, 2.45) is 16.9 Å². The molecule has 2 atom stereocenters. The van der Waals surface area contributed by atoms with Crippen LogP contribution in [0.1, 0.15) is 40.0 Å². The van der Waals surface area contributed by atoms with Gasteiger partial charge in [0.15, 0.2) is 0 Å². The van der Waals surface area contributed by atoms with Crippen LogP contribution in [0.3, 0.4) is 0 Å². The average molecular weight is 288 g/mol.